The second-order valence-electron chi connectivity index (χ2n) is 7.26. The molecule has 31 heavy (non-hydrogen) atoms. The molecule has 0 radical (unpaired) electrons. The SMILES string of the molecule is CS(=O)(=O)Nc1cccc(C(c2cccnc2)C(c2ccccc2)c2cccnc2)n1. The van der Waals surface area contributed by atoms with Gasteiger partial charge in [0.2, 0.25) is 10.0 Å². The number of sulfonamides is 1. The molecule has 1 N–H and O–H groups in total. The van der Waals surface area contributed by atoms with E-state index >= 15 is 0 Å². The van der Waals surface area contributed by atoms with Gasteiger partial charge in [0.25, 0.3) is 0 Å². The summed E-state index contributed by atoms with van der Waals surface area (Å²) < 4.78 is 26.0. The van der Waals surface area contributed by atoms with Crippen molar-refractivity contribution in [3.05, 3.63) is 120 Å². The summed E-state index contributed by atoms with van der Waals surface area (Å²) in [5, 5.41) is 0. The summed E-state index contributed by atoms with van der Waals surface area (Å²) in [5.74, 6) is -0.0198. The van der Waals surface area contributed by atoms with Crippen molar-refractivity contribution >= 4 is 15.8 Å². The molecule has 0 aliphatic heterocycles. The average Bonchev–Trinajstić information content (AvgIpc) is 2.78. The van der Waals surface area contributed by atoms with E-state index in [-0.39, 0.29) is 17.7 Å². The van der Waals surface area contributed by atoms with E-state index in [9.17, 15) is 8.42 Å². The molecule has 0 saturated carbocycles. The molecule has 3 aromatic heterocycles. The Morgan fingerprint density at radius 1 is 0.710 bits per heavy atom. The Hall–Kier alpha value is -3.58. The van der Waals surface area contributed by atoms with Gasteiger partial charge in [-0.25, -0.2) is 13.4 Å². The molecule has 3 heterocycles. The summed E-state index contributed by atoms with van der Waals surface area (Å²) in [4.78, 5) is 13.3. The minimum Gasteiger partial charge on any atom is -0.268 e. The van der Waals surface area contributed by atoms with E-state index in [2.05, 4.69) is 31.8 Å². The molecule has 2 atom stereocenters. The van der Waals surface area contributed by atoms with Crippen molar-refractivity contribution in [2.45, 2.75) is 11.8 Å². The minimum absolute atomic E-state index is 0.0971. The van der Waals surface area contributed by atoms with Crippen LogP contribution in [0.15, 0.2) is 97.6 Å². The van der Waals surface area contributed by atoms with Crippen molar-refractivity contribution in [1.82, 2.24) is 15.0 Å². The molecule has 2 unspecified atom stereocenters. The molecule has 0 spiro atoms. The first-order valence-corrected chi connectivity index (χ1v) is 11.7. The number of pyridine rings is 3. The van der Waals surface area contributed by atoms with Crippen LogP contribution in [0.25, 0.3) is 0 Å². The number of aromatic nitrogens is 3. The Labute approximate surface area is 182 Å². The van der Waals surface area contributed by atoms with Crippen LogP contribution in [0, 0.1) is 0 Å². The van der Waals surface area contributed by atoms with E-state index in [0.717, 1.165) is 28.6 Å². The zero-order chi connectivity index (χ0) is 21.7. The molecule has 4 aromatic rings. The van der Waals surface area contributed by atoms with Crippen molar-refractivity contribution < 1.29 is 8.42 Å². The Morgan fingerprint density at radius 3 is 1.90 bits per heavy atom. The lowest BCUT2D eigenvalue weighted by molar-refractivity contribution is 0.606. The topological polar surface area (TPSA) is 84.8 Å². The molecule has 4 rings (SSSR count). The van der Waals surface area contributed by atoms with Crippen molar-refractivity contribution in [1.29, 1.82) is 0 Å². The minimum atomic E-state index is -3.44. The highest BCUT2D eigenvalue weighted by Crippen LogP contribution is 2.42. The molecule has 0 fully saturated rings. The molecule has 0 amide bonds. The predicted octanol–water partition coefficient (Wildman–Crippen LogP) is 4.21. The molecule has 1 aromatic carbocycles. The van der Waals surface area contributed by atoms with Crippen LogP contribution in [0.4, 0.5) is 5.82 Å². The van der Waals surface area contributed by atoms with E-state index < -0.39 is 10.0 Å². The second-order valence-corrected chi connectivity index (χ2v) is 9.01. The maximum atomic E-state index is 11.8. The van der Waals surface area contributed by atoms with Gasteiger partial charge in [0.15, 0.2) is 0 Å². The zero-order valence-electron chi connectivity index (χ0n) is 17.0. The first-order valence-electron chi connectivity index (χ1n) is 9.81. The maximum absolute atomic E-state index is 11.8. The molecule has 0 saturated heterocycles. The van der Waals surface area contributed by atoms with Crippen LogP contribution in [0.1, 0.15) is 34.2 Å². The first-order chi connectivity index (χ1) is 15.0. The summed E-state index contributed by atoms with van der Waals surface area (Å²) in [6.07, 6.45) is 8.29. The number of anilines is 1. The smallest absolute Gasteiger partial charge is 0.230 e. The van der Waals surface area contributed by atoms with Gasteiger partial charge in [0, 0.05) is 36.6 Å². The molecule has 0 aliphatic rings. The number of benzene rings is 1. The van der Waals surface area contributed by atoms with E-state index in [0.29, 0.717) is 0 Å². The van der Waals surface area contributed by atoms with Crippen molar-refractivity contribution in [2.75, 3.05) is 11.0 Å². The summed E-state index contributed by atoms with van der Waals surface area (Å²) in [5.41, 5.74) is 3.85. The summed E-state index contributed by atoms with van der Waals surface area (Å²) in [6, 6.07) is 23.4. The van der Waals surface area contributed by atoms with E-state index in [1.165, 1.54) is 0 Å². The lowest BCUT2D eigenvalue weighted by Crippen LogP contribution is -2.18. The third-order valence-electron chi connectivity index (χ3n) is 4.96. The van der Waals surface area contributed by atoms with Gasteiger partial charge in [-0.1, -0.05) is 48.5 Å². The number of nitrogens with one attached hydrogen (secondary N) is 1. The van der Waals surface area contributed by atoms with Gasteiger partial charge in [0.1, 0.15) is 5.82 Å². The van der Waals surface area contributed by atoms with E-state index in [1.54, 1.807) is 18.5 Å². The van der Waals surface area contributed by atoms with Crippen LogP contribution in [0.2, 0.25) is 0 Å². The fraction of sp³-hybridized carbons (Fsp3) is 0.125. The normalized spacial score (nSPS) is 13.3. The van der Waals surface area contributed by atoms with Crippen molar-refractivity contribution in [3.63, 3.8) is 0 Å². The van der Waals surface area contributed by atoms with Crippen LogP contribution >= 0.6 is 0 Å². The van der Waals surface area contributed by atoms with Gasteiger partial charge in [-0.3, -0.25) is 14.7 Å². The Morgan fingerprint density at radius 2 is 1.32 bits per heavy atom. The van der Waals surface area contributed by atoms with Gasteiger partial charge < -0.3 is 0 Å². The monoisotopic (exact) mass is 430 g/mol. The van der Waals surface area contributed by atoms with Crippen molar-refractivity contribution in [2.24, 2.45) is 0 Å². The Kier molecular flexibility index (Phi) is 6.04. The summed E-state index contributed by atoms with van der Waals surface area (Å²) in [6.45, 7) is 0. The predicted molar refractivity (Wildman–Crippen MR) is 121 cm³/mol. The standard InChI is InChI=1S/C24H22N4O2S/c1-31(29,30)28-22-13-5-12-21(27-22)24(20-11-7-15-26-17-20)23(18-8-3-2-4-9-18)19-10-6-14-25-16-19/h2-17,23-24H,1H3,(H,27,28). The van der Waals surface area contributed by atoms with E-state index in [1.807, 2.05) is 67.0 Å². The third kappa shape index (κ3) is 5.13. The highest BCUT2D eigenvalue weighted by Gasteiger charge is 2.30. The van der Waals surface area contributed by atoms with Crippen LogP contribution in [0.5, 0.6) is 0 Å². The lowest BCUT2D eigenvalue weighted by Gasteiger charge is -2.28. The van der Waals surface area contributed by atoms with Crippen molar-refractivity contribution in [3.8, 4) is 0 Å². The van der Waals surface area contributed by atoms with Crippen LogP contribution in [0.3, 0.4) is 0 Å². The zero-order valence-corrected chi connectivity index (χ0v) is 17.8. The second kappa shape index (κ2) is 9.06. The third-order valence-corrected chi connectivity index (χ3v) is 5.54. The Bertz CT molecular complexity index is 1190. The highest BCUT2D eigenvalue weighted by atomic mass is 32.2. The first kappa shape index (κ1) is 20.7. The van der Waals surface area contributed by atoms with Gasteiger partial charge in [-0.05, 0) is 41.0 Å². The molecule has 6 nitrogen and oxygen atoms in total. The average molecular weight is 431 g/mol. The number of rotatable bonds is 7. The molecule has 156 valence electrons. The maximum Gasteiger partial charge on any atom is 0.230 e. The molecule has 7 heteroatoms. The quantitative estimate of drug-likeness (QED) is 0.475. The molecule has 0 bridgehead atoms. The van der Waals surface area contributed by atoms with E-state index in [4.69, 9.17) is 0 Å². The fourth-order valence-electron chi connectivity index (χ4n) is 3.76. The number of nitrogens with zero attached hydrogens (tertiary/aromatic N) is 3. The van der Waals surface area contributed by atoms with Crippen LogP contribution in [-0.4, -0.2) is 29.6 Å². The molecular formula is C24H22N4O2S. The fourth-order valence-corrected chi connectivity index (χ4v) is 4.26. The number of hydrogen-bond donors (Lipinski definition) is 1. The highest BCUT2D eigenvalue weighted by molar-refractivity contribution is 7.92. The molecule has 0 aliphatic carbocycles. The van der Waals surface area contributed by atoms with Crippen LogP contribution in [-0.2, 0) is 10.0 Å². The molecular weight excluding hydrogens is 408 g/mol. The lowest BCUT2D eigenvalue weighted by atomic mass is 9.76. The van der Waals surface area contributed by atoms with Gasteiger partial charge >= 0.3 is 0 Å². The summed E-state index contributed by atoms with van der Waals surface area (Å²) in [7, 11) is -3.44. The van der Waals surface area contributed by atoms with Crippen LogP contribution < -0.4 is 4.72 Å². The van der Waals surface area contributed by atoms with Gasteiger partial charge in [-0.15, -0.1) is 0 Å². The van der Waals surface area contributed by atoms with Gasteiger partial charge in [-0.2, -0.15) is 0 Å². The summed E-state index contributed by atoms with van der Waals surface area (Å²) >= 11 is 0. The largest absolute Gasteiger partial charge is 0.268 e. The number of hydrogen-bond acceptors (Lipinski definition) is 5. The Balaban J connectivity index is 1.91. The van der Waals surface area contributed by atoms with Gasteiger partial charge in [0.05, 0.1) is 11.9 Å².